The molecule has 0 saturated heterocycles. The Morgan fingerprint density at radius 2 is 1.57 bits per heavy atom. The van der Waals surface area contributed by atoms with Crippen LogP contribution in [0.4, 0.5) is 11.6 Å². The standard InChI is InChI=1S/C23H19N5O2/c29-22(21-13-15-25-23(28-21)26-16-18-6-4-5-14-24-18)27-17-9-11-20(12-10-17)30-19-7-2-1-3-8-19/h1-15H,16H2,(H,27,29)(H,25,26,28). The van der Waals surface area contributed by atoms with Gasteiger partial charge in [0, 0.05) is 18.1 Å². The number of benzene rings is 2. The zero-order valence-corrected chi connectivity index (χ0v) is 16.0. The Morgan fingerprint density at radius 1 is 0.800 bits per heavy atom. The number of para-hydroxylation sites is 1. The average molecular weight is 397 g/mol. The van der Waals surface area contributed by atoms with Crippen molar-refractivity contribution in [1.29, 1.82) is 0 Å². The highest BCUT2D eigenvalue weighted by molar-refractivity contribution is 6.02. The maximum absolute atomic E-state index is 12.5. The van der Waals surface area contributed by atoms with E-state index < -0.39 is 0 Å². The van der Waals surface area contributed by atoms with Gasteiger partial charge in [-0.25, -0.2) is 9.97 Å². The minimum atomic E-state index is -0.324. The molecule has 0 aliphatic heterocycles. The molecule has 4 aromatic rings. The molecule has 0 fully saturated rings. The fraction of sp³-hybridized carbons (Fsp3) is 0.0435. The van der Waals surface area contributed by atoms with Crippen LogP contribution in [0, 0.1) is 0 Å². The third-order valence-corrected chi connectivity index (χ3v) is 4.13. The van der Waals surface area contributed by atoms with E-state index in [1.54, 1.807) is 42.7 Å². The molecule has 30 heavy (non-hydrogen) atoms. The van der Waals surface area contributed by atoms with E-state index in [4.69, 9.17) is 4.74 Å². The minimum absolute atomic E-state index is 0.262. The number of aromatic nitrogens is 3. The number of amides is 1. The number of ether oxygens (including phenoxy) is 1. The lowest BCUT2D eigenvalue weighted by atomic mass is 10.3. The van der Waals surface area contributed by atoms with Gasteiger partial charge in [-0.2, -0.15) is 0 Å². The first-order valence-corrected chi connectivity index (χ1v) is 9.37. The molecule has 1 amide bonds. The molecular formula is C23H19N5O2. The second-order valence-corrected chi connectivity index (χ2v) is 6.33. The second kappa shape index (κ2) is 9.29. The first-order chi connectivity index (χ1) is 14.8. The topological polar surface area (TPSA) is 89.0 Å². The summed E-state index contributed by atoms with van der Waals surface area (Å²) < 4.78 is 5.76. The van der Waals surface area contributed by atoms with E-state index in [0.717, 1.165) is 11.4 Å². The summed E-state index contributed by atoms with van der Waals surface area (Å²) in [5.74, 6) is 1.47. The number of carbonyl (C=O) groups is 1. The lowest BCUT2D eigenvalue weighted by Crippen LogP contribution is -2.15. The number of hydrogen-bond donors (Lipinski definition) is 2. The summed E-state index contributed by atoms with van der Waals surface area (Å²) in [5, 5.41) is 5.89. The van der Waals surface area contributed by atoms with Crippen molar-refractivity contribution in [3.05, 3.63) is 103 Å². The van der Waals surface area contributed by atoms with Gasteiger partial charge in [-0.15, -0.1) is 0 Å². The highest BCUT2D eigenvalue weighted by Gasteiger charge is 2.10. The van der Waals surface area contributed by atoms with Gasteiger partial charge in [0.2, 0.25) is 5.95 Å². The Balaban J connectivity index is 1.36. The maximum atomic E-state index is 12.5. The van der Waals surface area contributed by atoms with E-state index in [-0.39, 0.29) is 11.6 Å². The molecule has 7 heteroatoms. The number of hydrogen-bond acceptors (Lipinski definition) is 6. The van der Waals surface area contributed by atoms with Gasteiger partial charge in [-0.1, -0.05) is 24.3 Å². The molecule has 0 unspecified atom stereocenters. The Kier molecular flexibility index (Phi) is 5.91. The molecule has 0 atom stereocenters. The van der Waals surface area contributed by atoms with E-state index >= 15 is 0 Å². The minimum Gasteiger partial charge on any atom is -0.457 e. The van der Waals surface area contributed by atoms with Gasteiger partial charge >= 0.3 is 0 Å². The third kappa shape index (κ3) is 5.17. The Hall–Kier alpha value is -4.26. The summed E-state index contributed by atoms with van der Waals surface area (Å²) in [6.45, 7) is 0.467. The van der Waals surface area contributed by atoms with Crippen molar-refractivity contribution in [2.75, 3.05) is 10.6 Å². The van der Waals surface area contributed by atoms with E-state index in [1.165, 1.54) is 0 Å². The molecule has 7 nitrogen and oxygen atoms in total. The predicted molar refractivity (Wildman–Crippen MR) is 115 cm³/mol. The molecular weight excluding hydrogens is 378 g/mol. The first kappa shape index (κ1) is 19.1. The SMILES string of the molecule is O=C(Nc1ccc(Oc2ccccc2)cc1)c1ccnc(NCc2ccccn2)n1. The molecule has 4 rings (SSSR count). The van der Waals surface area contributed by atoms with Crippen LogP contribution in [0.2, 0.25) is 0 Å². The highest BCUT2D eigenvalue weighted by atomic mass is 16.5. The molecule has 2 N–H and O–H groups in total. The van der Waals surface area contributed by atoms with Crippen molar-refractivity contribution >= 4 is 17.5 Å². The van der Waals surface area contributed by atoms with E-state index in [0.29, 0.717) is 23.9 Å². The summed E-state index contributed by atoms with van der Waals surface area (Å²) in [5.41, 5.74) is 1.76. The Labute approximate surface area is 173 Å². The number of anilines is 2. The smallest absolute Gasteiger partial charge is 0.274 e. The van der Waals surface area contributed by atoms with Crippen molar-refractivity contribution in [3.63, 3.8) is 0 Å². The van der Waals surface area contributed by atoms with Crippen molar-refractivity contribution in [3.8, 4) is 11.5 Å². The number of pyridine rings is 1. The van der Waals surface area contributed by atoms with Crippen molar-refractivity contribution < 1.29 is 9.53 Å². The molecule has 0 bridgehead atoms. The average Bonchev–Trinajstić information content (AvgIpc) is 2.80. The second-order valence-electron chi connectivity index (χ2n) is 6.33. The molecule has 2 aromatic carbocycles. The van der Waals surface area contributed by atoms with Gasteiger partial charge in [-0.3, -0.25) is 9.78 Å². The summed E-state index contributed by atoms with van der Waals surface area (Å²) in [6, 6.07) is 23.9. The molecule has 0 spiro atoms. The first-order valence-electron chi connectivity index (χ1n) is 9.37. The fourth-order valence-electron chi connectivity index (χ4n) is 2.67. The van der Waals surface area contributed by atoms with Crippen LogP contribution < -0.4 is 15.4 Å². The number of nitrogens with one attached hydrogen (secondary N) is 2. The van der Waals surface area contributed by atoms with Gasteiger partial charge in [-0.05, 0) is 54.6 Å². The van der Waals surface area contributed by atoms with Crippen LogP contribution in [0.25, 0.3) is 0 Å². The van der Waals surface area contributed by atoms with Crippen LogP contribution in [0.15, 0.2) is 91.3 Å². The van der Waals surface area contributed by atoms with Gasteiger partial charge in [0.1, 0.15) is 17.2 Å². The number of carbonyl (C=O) groups excluding carboxylic acids is 1. The molecule has 2 heterocycles. The molecule has 0 radical (unpaired) electrons. The summed E-state index contributed by atoms with van der Waals surface area (Å²) >= 11 is 0. The largest absolute Gasteiger partial charge is 0.457 e. The van der Waals surface area contributed by atoms with Crippen LogP contribution >= 0.6 is 0 Å². The zero-order valence-electron chi connectivity index (χ0n) is 16.0. The predicted octanol–water partition coefficient (Wildman–Crippen LogP) is 4.53. The zero-order chi connectivity index (χ0) is 20.6. The lowest BCUT2D eigenvalue weighted by molar-refractivity contribution is 0.102. The van der Waals surface area contributed by atoms with E-state index in [2.05, 4.69) is 25.6 Å². The van der Waals surface area contributed by atoms with Crippen LogP contribution in [0.3, 0.4) is 0 Å². The van der Waals surface area contributed by atoms with Gasteiger partial charge < -0.3 is 15.4 Å². The van der Waals surface area contributed by atoms with Crippen molar-refractivity contribution in [2.45, 2.75) is 6.54 Å². The summed E-state index contributed by atoms with van der Waals surface area (Å²) in [7, 11) is 0. The number of rotatable bonds is 7. The van der Waals surface area contributed by atoms with Crippen LogP contribution in [-0.2, 0) is 6.54 Å². The van der Waals surface area contributed by atoms with E-state index in [9.17, 15) is 4.79 Å². The third-order valence-electron chi connectivity index (χ3n) is 4.13. The van der Waals surface area contributed by atoms with Crippen molar-refractivity contribution in [1.82, 2.24) is 15.0 Å². The molecule has 0 aliphatic rings. The quantitative estimate of drug-likeness (QED) is 0.476. The highest BCUT2D eigenvalue weighted by Crippen LogP contribution is 2.22. The van der Waals surface area contributed by atoms with Gasteiger partial charge in [0.05, 0.1) is 12.2 Å². The summed E-state index contributed by atoms with van der Waals surface area (Å²) in [4.78, 5) is 25.2. The normalized spacial score (nSPS) is 10.3. The molecule has 0 saturated carbocycles. The fourth-order valence-corrected chi connectivity index (χ4v) is 2.67. The molecule has 0 aliphatic carbocycles. The molecule has 148 valence electrons. The van der Waals surface area contributed by atoms with E-state index in [1.807, 2.05) is 48.5 Å². The van der Waals surface area contributed by atoms with Crippen LogP contribution in [0.5, 0.6) is 11.5 Å². The maximum Gasteiger partial charge on any atom is 0.274 e. The monoisotopic (exact) mass is 397 g/mol. The van der Waals surface area contributed by atoms with Crippen LogP contribution in [0.1, 0.15) is 16.2 Å². The van der Waals surface area contributed by atoms with Gasteiger partial charge in [0.25, 0.3) is 5.91 Å². The van der Waals surface area contributed by atoms with Gasteiger partial charge in [0.15, 0.2) is 0 Å². The Morgan fingerprint density at radius 3 is 2.33 bits per heavy atom. The molecule has 2 aromatic heterocycles. The Bertz CT molecular complexity index is 1100. The van der Waals surface area contributed by atoms with Crippen molar-refractivity contribution in [2.24, 2.45) is 0 Å². The number of nitrogens with zero attached hydrogens (tertiary/aromatic N) is 3. The lowest BCUT2D eigenvalue weighted by Gasteiger charge is -2.09. The summed E-state index contributed by atoms with van der Waals surface area (Å²) in [6.07, 6.45) is 3.26. The van der Waals surface area contributed by atoms with Crippen LogP contribution in [-0.4, -0.2) is 20.9 Å².